The van der Waals surface area contributed by atoms with Crippen LogP contribution in [0.1, 0.15) is 40.6 Å². The molecule has 3 aromatic rings. The Kier molecular flexibility index (Phi) is 4.75. The van der Waals surface area contributed by atoms with Crippen LogP contribution in [-0.4, -0.2) is 43.4 Å². The van der Waals surface area contributed by atoms with Crippen LogP contribution in [0, 0.1) is 5.82 Å². The van der Waals surface area contributed by atoms with E-state index in [2.05, 4.69) is 19.5 Å². The molecule has 1 aliphatic rings. The summed E-state index contributed by atoms with van der Waals surface area (Å²) in [7, 11) is 0. The molecule has 26 heavy (non-hydrogen) atoms. The van der Waals surface area contributed by atoms with Gasteiger partial charge in [0.25, 0.3) is 5.91 Å². The van der Waals surface area contributed by atoms with E-state index in [4.69, 9.17) is 0 Å². The Hall–Kier alpha value is -2.61. The van der Waals surface area contributed by atoms with Crippen molar-refractivity contribution < 1.29 is 9.18 Å². The van der Waals surface area contributed by atoms with E-state index in [0.29, 0.717) is 19.6 Å². The van der Waals surface area contributed by atoms with Crippen LogP contribution in [0.25, 0.3) is 0 Å². The maximum atomic E-state index is 13.4. The van der Waals surface area contributed by atoms with Gasteiger partial charge in [-0.15, -0.1) is 11.3 Å². The number of likely N-dealkylation sites (tertiary alicyclic amines) is 1. The lowest BCUT2D eigenvalue weighted by atomic mass is 9.96. The smallest absolute Gasteiger partial charge is 0.255 e. The molecule has 4 rings (SSSR count). The van der Waals surface area contributed by atoms with Gasteiger partial charge in [-0.3, -0.25) is 9.78 Å². The minimum atomic E-state index is -0.497. The van der Waals surface area contributed by atoms with Crippen molar-refractivity contribution in [2.45, 2.75) is 25.3 Å². The molecule has 0 bridgehead atoms. The van der Waals surface area contributed by atoms with E-state index in [1.54, 1.807) is 22.4 Å². The number of imidazole rings is 1. The van der Waals surface area contributed by atoms with Gasteiger partial charge in [-0.25, -0.2) is 14.4 Å². The summed E-state index contributed by atoms with van der Waals surface area (Å²) < 4.78 is 15.5. The standard InChI is InChI=1S/C18H18FN5OS/c19-15-6-14(7-20-8-15)18(25)24-4-1-2-13(9-24)17-21-3-5-23(17)10-16-11-26-12-22-16/h3,5-8,11-13H,1-2,4,9-10H2/t13-/m1/s1. The first-order valence-electron chi connectivity index (χ1n) is 8.48. The van der Waals surface area contributed by atoms with Crippen LogP contribution in [0.4, 0.5) is 4.39 Å². The molecule has 1 fully saturated rings. The molecule has 1 amide bonds. The van der Waals surface area contributed by atoms with Crippen LogP contribution in [-0.2, 0) is 6.54 Å². The molecule has 0 spiro atoms. The molecule has 0 saturated carbocycles. The van der Waals surface area contributed by atoms with Gasteiger partial charge in [-0.05, 0) is 18.9 Å². The first kappa shape index (κ1) is 16.8. The molecule has 1 atom stereocenters. The zero-order valence-corrected chi connectivity index (χ0v) is 14.9. The minimum absolute atomic E-state index is 0.155. The molecule has 1 saturated heterocycles. The van der Waals surface area contributed by atoms with Crippen molar-refractivity contribution >= 4 is 17.2 Å². The average Bonchev–Trinajstić information content (AvgIpc) is 3.34. The van der Waals surface area contributed by atoms with Gasteiger partial charge in [0, 0.05) is 43.0 Å². The zero-order chi connectivity index (χ0) is 17.9. The lowest BCUT2D eigenvalue weighted by molar-refractivity contribution is 0.0702. The maximum Gasteiger partial charge on any atom is 0.255 e. The van der Waals surface area contributed by atoms with Gasteiger partial charge in [-0.1, -0.05) is 0 Å². The summed E-state index contributed by atoms with van der Waals surface area (Å²) in [6, 6.07) is 1.24. The number of rotatable bonds is 4. The van der Waals surface area contributed by atoms with E-state index in [1.807, 2.05) is 17.1 Å². The van der Waals surface area contributed by atoms with Crippen molar-refractivity contribution in [2.75, 3.05) is 13.1 Å². The third-order valence-corrected chi connectivity index (χ3v) is 5.22. The third kappa shape index (κ3) is 3.50. The van der Waals surface area contributed by atoms with Gasteiger partial charge in [0.2, 0.25) is 0 Å². The summed E-state index contributed by atoms with van der Waals surface area (Å²) in [5.41, 5.74) is 3.11. The second-order valence-electron chi connectivity index (χ2n) is 6.38. The lowest BCUT2D eigenvalue weighted by Crippen LogP contribution is -2.39. The summed E-state index contributed by atoms with van der Waals surface area (Å²) in [6.45, 7) is 1.92. The normalized spacial score (nSPS) is 17.4. The number of halogens is 1. The fourth-order valence-electron chi connectivity index (χ4n) is 3.39. The number of pyridine rings is 1. The fraction of sp³-hybridized carbons (Fsp3) is 0.333. The van der Waals surface area contributed by atoms with Gasteiger partial charge < -0.3 is 9.47 Å². The first-order chi connectivity index (χ1) is 12.7. The molecule has 1 aliphatic heterocycles. The van der Waals surface area contributed by atoms with E-state index < -0.39 is 5.82 Å². The summed E-state index contributed by atoms with van der Waals surface area (Å²) >= 11 is 1.57. The summed E-state index contributed by atoms with van der Waals surface area (Å²) in [5, 5.41) is 2.03. The van der Waals surface area contributed by atoms with Gasteiger partial charge in [0.15, 0.2) is 0 Å². The second kappa shape index (κ2) is 7.33. The molecule has 0 aliphatic carbocycles. The Bertz CT molecular complexity index is 895. The van der Waals surface area contributed by atoms with Crippen LogP contribution in [0.5, 0.6) is 0 Å². The number of thiazole rings is 1. The Morgan fingerprint density at radius 1 is 1.35 bits per heavy atom. The average molecular weight is 371 g/mol. The van der Waals surface area contributed by atoms with Crippen LogP contribution >= 0.6 is 11.3 Å². The van der Waals surface area contributed by atoms with E-state index in [0.717, 1.165) is 30.6 Å². The Morgan fingerprint density at radius 2 is 2.27 bits per heavy atom. The van der Waals surface area contributed by atoms with E-state index in [1.165, 1.54) is 12.3 Å². The predicted molar refractivity (Wildman–Crippen MR) is 95.5 cm³/mol. The third-order valence-electron chi connectivity index (χ3n) is 4.59. The SMILES string of the molecule is O=C(c1cncc(F)c1)N1CCC[C@@H](c2nccn2Cc2cscn2)C1. The molecular weight excluding hydrogens is 353 g/mol. The summed E-state index contributed by atoms with van der Waals surface area (Å²) in [5.74, 6) is 0.443. The highest BCUT2D eigenvalue weighted by Gasteiger charge is 2.28. The highest BCUT2D eigenvalue weighted by atomic mass is 32.1. The topological polar surface area (TPSA) is 63.9 Å². The molecule has 8 heteroatoms. The summed E-state index contributed by atoms with van der Waals surface area (Å²) in [4.78, 5) is 27.1. The fourth-order valence-corrected chi connectivity index (χ4v) is 3.94. The quantitative estimate of drug-likeness (QED) is 0.707. The number of aromatic nitrogens is 4. The maximum absolute atomic E-state index is 13.4. The van der Waals surface area contributed by atoms with Gasteiger partial charge in [0.05, 0.1) is 29.5 Å². The molecular formula is C18H18FN5OS. The molecule has 0 unspecified atom stereocenters. The molecule has 3 aromatic heterocycles. The van der Waals surface area contributed by atoms with Crippen molar-refractivity contribution in [1.29, 1.82) is 0 Å². The molecule has 0 radical (unpaired) electrons. The zero-order valence-electron chi connectivity index (χ0n) is 14.1. The van der Waals surface area contributed by atoms with Crippen LogP contribution in [0.2, 0.25) is 0 Å². The monoisotopic (exact) mass is 371 g/mol. The van der Waals surface area contributed by atoms with Gasteiger partial charge in [0.1, 0.15) is 11.6 Å². The first-order valence-corrected chi connectivity index (χ1v) is 9.43. The van der Waals surface area contributed by atoms with Gasteiger partial charge in [-0.2, -0.15) is 0 Å². The predicted octanol–water partition coefficient (Wildman–Crippen LogP) is 2.94. The Balaban J connectivity index is 1.51. The number of hydrogen-bond donors (Lipinski definition) is 0. The molecule has 4 heterocycles. The van der Waals surface area contributed by atoms with E-state index in [9.17, 15) is 9.18 Å². The van der Waals surface area contributed by atoms with Crippen molar-refractivity contribution in [3.8, 4) is 0 Å². The van der Waals surface area contributed by atoms with E-state index >= 15 is 0 Å². The summed E-state index contributed by atoms with van der Waals surface area (Å²) in [6.07, 6.45) is 8.12. The molecule has 134 valence electrons. The number of carbonyl (C=O) groups excluding carboxylic acids is 1. The number of carbonyl (C=O) groups is 1. The number of hydrogen-bond acceptors (Lipinski definition) is 5. The number of amides is 1. The highest BCUT2D eigenvalue weighted by Crippen LogP contribution is 2.27. The van der Waals surface area contributed by atoms with Crippen molar-refractivity contribution in [3.05, 3.63) is 64.6 Å². The molecule has 0 N–H and O–H groups in total. The van der Waals surface area contributed by atoms with Gasteiger partial charge >= 0.3 is 0 Å². The highest BCUT2D eigenvalue weighted by molar-refractivity contribution is 7.07. The lowest BCUT2D eigenvalue weighted by Gasteiger charge is -2.32. The van der Waals surface area contributed by atoms with E-state index in [-0.39, 0.29) is 17.4 Å². The van der Waals surface area contributed by atoms with Crippen LogP contribution in [0.3, 0.4) is 0 Å². The Morgan fingerprint density at radius 3 is 3.08 bits per heavy atom. The molecule has 0 aromatic carbocycles. The van der Waals surface area contributed by atoms with Crippen molar-refractivity contribution in [3.63, 3.8) is 0 Å². The second-order valence-corrected chi connectivity index (χ2v) is 7.09. The Labute approximate surface area is 154 Å². The van der Waals surface area contributed by atoms with Crippen molar-refractivity contribution in [1.82, 2.24) is 24.4 Å². The number of piperidine rings is 1. The number of nitrogens with zero attached hydrogens (tertiary/aromatic N) is 5. The minimum Gasteiger partial charge on any atom is -0.338 e. The van der Waals surface area contributed by atoms with Crippen molar-refractivity contribution in [2.24, 2.45) is 0 Å². The van der Waals surface area contributed by atoms with Crippen LogP contribution < -0.4 is 0 Å². The van der Waals surface area contributed by atoms with Crippen LogP contribution in [0.15, 0.2) is 41.7 Å². The largest absolute Gasteiger partial charge is 0.338 e. The molecule has 6 nitrogen and oxygen atoms in total.